The van der Waals surface area contributed by atoms with Crippen LogP contribution in [0.4, 0.5) is 0 Å². The summed E-state index contributed by atoms with van der Waals surface area (Å²) in [5.41, 5.74) is 0.176. The van der Waals surface area contributed by atoms with Gasteiger partial charge in [-0.1, -0.05) is 6.07 Å². The molecule has 0 N–H and O–H groups in total. The number of nitrogens with zero attached hydrogens (tertiary/aromatic N) is 1. The molecule has 1 aromatic carbocycles. The molecule has 4 atom stereocenters. The Bertz CT molecular complexity index is 847. The van der Waals surface area contributed by atoms with Crippen LogP contribution in [0.2, 0.25) is 0 Å². The third-order valence-electron chi connectivity index (χ3n) is 6.76. The van der Waals surface area contributed by atoms with Crippen LogP contribution in [-0.4, -0.2) is 49.4 Å². The van der Waals surface area contributed by atoms with Crippen molar-refractivity contribution in [2.45, 2.75) is 44.1 Å². The first kappa shape index (κ1) is 18.0. The number of rotatable bonds is 3. The molecular weight excluding hydrogens is 346 g/mol. The Balaban J connectivity index is 1.81. The summed E-state index contributed by atoms with van der Waals surface area (Å²) in [6.07, 6.45) is 2.18. The fourth-order valence-electron chi connectivity index (χ4n) is 5.76. The number of esters is 1. The van der Waals surface area contributed by atoms with Crippen LogP contribution in [0.3, 0.4) is 0 Å². The minimum absolute atomic E-state index is 0.0617. The SMILES string of the molecule is COc1ccc2c(c1)C(=O)[C@]13CC(C(=O)N(C)C)[C@](OC(C)=O)(CCC21)C3. The van der Waals surface area contributed by atoms with Crippen LogP contribution in [0.5, 0.6) is 5.75 Å². The zero-order chi connectivity index (χ0) is 19.6. The quantitative estimate of drug-likeness (QED) is 0.764. The highest BCUT2D eigenvalue weighted by Gasteiger charge is 2.70. The van der Waals surface area contributed by atoms with Crippen molar-refractivity contribution in [2.75, 3.05) is 21.2 Å². The van der Waals surface area contributed by atoms with Crippen LogP contribution < -0.4 is 4.74 Å². The number of Topliss-reactive ketones (excluding diaryl/α,β-unsaturated/α-hetero) is 1. The van der Waals surface area contributed by atoms with E-state index in [9.17, 15) is 14.4 Å². The number of hydrogen-bond acceptors (Lipinski definition) is 5. The van der Waals surface area contributed by atoms with E-state index in [0.717, 1.165) is 12.0 Å². The highest BCUT2D eigenvalue weighted by molar-refractivity contribution is 6.07. The molecule has 2 saturated carbocycles. The summed E-state index contributed by atoms with van der Waals surface area (Å²) >= 11 is 0. The molecule has 2 unspecified atom stereocenters. The first-order valence-corrected chi connectivity index (χ1v) is 9.37. The number of benzene rings is 1. The zero-order valence-corrected chi connectivity index (χ0v) is 16.2. The van der Waals surface area contributed by atoms with Crippen molar-refractivity contribution in [3.63, 3.8) is 0 Å². The van der Waals surface area contributed by atoms with E-state index in [1.807, 2.05) is 12.1 Å². The molecule has 0 heterocycles. The Morgan fingerprint density at radius 1 is 1.26 bits per heavy atom. The molecule has 6 nitrogen and oxygen atoms in total. The maximum atomic E-state index is 13.5. The maximum absolute atomic E-state index is 13.5. The molecule has 3 aliphatic carbocycles. The maximum Gasteiger partial charge on any atom is 0.303 e. The Labute approximate surface area is 158 Å². The van der Waals surface area contributed by atoms with Gasteiger partial charge in [-0.3, -0.25) is 14.4 Å². The van der Waals surface area contributed by atoms with Gasteiger partial charge in [0, 0.05) is 38.4 Å². The third-order valence-corrected chi connectivity index (χ3v) is 6.76. The van der Waals surface area contributed by atoms with Gasteiger partial charge in [-0.05, 0) is 42.9 Å². The topological polar surface area (TPSA) is 72.9 Å². The smallest absolute Gasteiger partial charge is 0.303 e. The molecule has 1 spiro atoms. The van der Waals surface area contributed by atoms with Gasteiger partial charge in [-0.25, -0.2) is 0 Å². The van der Waals surface area contributed by atoms with E-state index >= 15 is 0 Å². The molecule has 0 aliphatic heterocycles. The molecular formula is C21H25NO5. The Kier molecular flexibility index (Phi) is 3.88. The molecule has 3 aliphatic rings. The summed E-state index contributed by atoms with van der Waals surface area (Å²) in [7, 11) is 4.99. The number of methoxy groups -OCH3 is 1. The molecule has 144 valence electrons. The van der Waals surface area contributed by atoms with Crippen molar-refractivity contribution in [2.24, 2.45) is 11.3 Å². The zero-order valence-electron chi connectivity index (χ0n) is 16.2. The van der Waals surface area contributed by atoms with Crippen molar-refractivity contribution in [1.29, 1.82) is 0 Å². The van der Waals surface area contributed by atoms with Gasteiger partial charge in [0.1, 0.15) is 11.4 Å². The first-order chi connectivity index (χ1) is 12.7. The van der Waals surface area contributed by atoms with Gasteiger partial charge in [-0.2, -0.15) is 0 Å². The predicted molar refractivity (Wildman–Crippen MR) is 97.6 cm³/mol. The highest BCUT2D eigenvalue weighted by Crippen LogP contribution is 2.68. The van der Waals surface area contributed by atoms with Crippen LogP contribution in [0, 0.1) is 11.3 Å². The van der Waals surface area contributed by atoms with Gasteiger partial charge in [0.15, 0.2) is 5.78 Å². The van der Waals surface area contributed by atoms with Crippen LogP contribution in [0.25, 0.3) is 0 Å². The molecule has 6 heteroatoms. The van der Waals surface area contributed by atoms with Crippen molar-refractivity contribution in [1.82, 2.24) is 4.90 Å². The van der Waals surface area contributed by atoms with Crippen molar-refractivity contribution >= 4 is 17.7 Å². The lowest BCUT2D eigenvalue weighted by molar-refractivity contribution is -0.169. The number of amides is 1. The van der Waals surface area contributed by atoms with E-state index in [1.54, 1.807) is 27.3 Å². The van der Waals surface area contributed by atoms with Crippen molar-refractivity contribution in [3.8, 4) is 5.75 Å². The average Bonchev–Trinajstić information content (AvgIpc) is 3.02. The number of carbonyl (C=O) groups is 3. The number of fused-ring (bicyclic) bond motifs is 3. The second-order valence-corrected chi connectivity index (χ2v) is 8.35. The van der Waals surface area contributed by atoms with E-state index in [-0.39, 0.29) is 17.6 Å². The monoisotopic (exact) mass is 371 g/mol. The second kappa shape index (κ2) is 5.81. The summed E-state index contributed by atoms with van der Waals surface area (Å²) in [6, 6.07) is 5.67. The summed E-state index contributed by atoms with van der Waals surface area (Å²) in [6.45, 7) is 1.37. The Morgan fingerprint density at radius 3 is 2.63 bits per heavy atom. The lowest BCUT2D eigenvalue weighted by Crippen LogP contribution is -2.47. The third kappa shape index (κ3) is 2.35. The predicted octanol–water partition coefficient (Wildman–Crippen LogP) is 2.56. The highest BCUT2D eigenvalue weighted by atomic mass is 16.6. The molecule has 0 radical (unpaired) electrons. The summed E-state index contributed by atoms with van der Waals surface area (Å²) in [5.74, 6) is -0.174. The molecule has 2 fully saturated rings. The summed E-state index contributed by atoms with van der Waals surface area (Å²) < 4.78 is 11.1. The van der Waals surface area contributed by atoms with Crippen molar-refractivity contribution < 1.29 is 23.9 Å². The Hall–Kier alpha value is -2.37. The molecule has 2 bridgehead atoms. The molecule has 4 rings (SSSR count). The van der Waals surface area contributed by atoms with Gasteiger partial charge < -0.3 is 14.4 Å². The molecule has 0 aromatic heterocycles. The van der Waals surface area contributed by atoms with Gasteiger partial charge >= 0.3 is 5.97 Å². The van der Waals surface area contributed by atoms with E-state index in [1.165, 1.54) is 11.8 Å². The van der Waals surface area contributed by atoms with Crippen LogP contribution >= 0.6 is 0 Å². The Morgan fingerprint density at radius 2 is 2.00 bits per heavy atom. The van der Waals surface area contributed by atoms with Gasteiger partial charge in [0.2, 0.25) is 5.91 Å². The molecule has 1 amide bonds. The lowest BCUT2D eigenvalue weighted by atomic mass is 9.66. The normalized spacial score (nSPS) is 33.3. The summed E-state index contributed by atoms with van der Waals surface area (Å²) in [5, 5.41) is 0. The van der Waals surface area contributed by atoms with E-state index in [4.69, 9.17) is 9.47 Å². The number of ketones is 1. The standard InChI is InChI=1S/C21H25NO5/c1-12(23)27-21-8-7-16-14-6-5-13(26-4)9-15(14)18(24)20(16,11-21)10-17(21)19(25)22(2)3/h5-6,9,16-17H,7-8,10-11H2,1-4H3/t16?,17?,20-,21-/m0/s1. The van der Waals surface area contributed by atoms with Crippen LogP contribution in [-0.2, 0) is 14.3 Å². The number of ether oxygens (including phenoxy) is 2. The lowest BCUT2D eigenvalue weighted by Gasteiger charge is -2.41. The summed E-state index contributed by atoms with van der Waals surface area (Å²) in [4.78, 5) is 39.9. The second-order valence-electron chi connectivity index (χ2n) is 8.35. The average molecular weight is 371 g/mol. The minimum atomic E-state index is -0.883. The van der Waals surface area contributed by atoms with E-state index < -0.39 is 22.9 Å². The van der Waals surface area contributed by atoms with Crippen LogP contribution in [0.1, 0.15) is 54.4 Å². The fraction of sp³-hybridized carbons (Fsp3) is 0.571. The van der Waals surface area contributed by atoms with Gasteiger partial charge in [0.25, 0.3) is 0 Å². The largest absolute Gasteiger partial charge is 0.497 e. The molecule has 27 heavy (non-hydrogen) atoms. The van der Waals surface area contributed by atoms with Gasteiger partial charge in [-0.15, -0.1) is 0 Å². The molecule has 1 aromatic rings. The number of carbonyl (C=O) groups excluding carboxylic acids is 3. The first-order valence-electron chi connectivity index (χ1n) is 9.37. The van der Waals surface area contributed by atoms with Gasteiger partial charge in [0.05, 0.1) is 13.0 Å². The minimum Gasteiger partial charge on any atom is -0.497 e. The van der Waals surface area contributed by atoms with Crippen LogP contribution in [0.15, 0.2) is 18.2 Å². The molecule has 0 saturated heterocycles. The van der Waals surface area contributed by atoms with E-state index in [2.05, 4.69) is 0 Å². The van der Waals surface area contributed by atoms with E-state index in [0.29, 0.717) is 30.6 Å². The number of hydrogen-bond donors (Lipinski definition) is 0. The fourth-order valence-corrected chi connectivity index (χ4v) is 5.76. The van der Waals surface area contributed by atoms with Crippen molar-refractivity contribution in [3.05, 3.63) is 29.3 Å².